The van der Waals surface area contributed by atoms with Crippen LogP contribution in [0.4, 0.5) is 29.3 Å². The molecule has 30 heavy (non-hydrogen) atoms. The second-order valence-electron chi connectivity index (χ2n) is 7.21. The van der Waals surface area contributed by atoms with Gasteiger partial charge in [-0.2, -0.15) is 13.2 Å². The zero-order chi connectivity index (χ0) is 23.3. The molecule has 0 aliphatic rings. The number of amides is 3. The van der Waals surface area contributed by atoms with E-state index in [1.54, 1.807) is 20.8 Å². The summed E-state index contributed by atoms with van der Waals surface area (Å²) in [6, 6.07) is -0.267. The second-order valence-corrected chi connectivity index (χ2v) is 7.21. The Morgan fingerprint density at radius 1 is 1.20 bits per heavy atom. The van der Waals surface area contributed by atoms with Gasteiger partial charge in [0.15, 0.2) is 6.61 Å². The summed E-state index contributed by atoms with van der Waals surface area (Å²) in [6.45, 7) is 5.48. The minimum absolute atomic E-state index is 0.335. The van der Waals surface area contributed by atoms with Crippen molar-refractivity contribution in [1.82, 2.24) is 10.6 Å². The summed E-state index contributed by atoms with van der Waals surface area (Å²) in [5.41, 5.74) is -3.05. The number of hydrogen-bond donors (Lipinski definition) is 3. The lowest BCUT2D eigenvalue weighted by molar-refractivity contribution is -0.384. The van der Waals surface area contributed by atoms with Crippen LogP contribution in [0, 0.1) is 10.1 Å². The fraction of sp³-hybridized carbons (Fsp3) is 0.471. The summed E-state index contributed by atoms with van der Waals surface area (Å²) >= 11 is 0. The SMILES string of the molecule is CC(Nc1ccc(C(F)(F)F)cc1[N+](=O)[O-])C(=O)OCC(=O)NC(=O)NC(C)(C)C. The fourth-order valence-electron chi connectivity index (χ4n) is 2.07. The molecule has 166 valence electrons. The van der Waals surface area contributed by atoms with Crippen LogP contribution in [-0.4, -0.2) is 41.0 Å². The van der Waals surface area contributed by atoms with Crippen molar-refractivity contribution in [1.29, 1.82) is 0 Å². The van der Waals surface area contributed by atoms with E-state index in [0.29, 0.717) is 12.1 Å². The first kappa shape index (κ1) is 24.7. The highest BCUT2D eigenvalue weighted by Crippen LogP contribution is 2.35. The molecule has 1 aromatic rings. The van der Waals surface area contributed by atoms with Crippen LogP contribution >= 0.6 is 0 Å². The van der Waals surface area contributed by atoms with E-state index in [1.165, 1.54) is 6.92 Å². The van der Waals surface area contributed by atoms with Crippen LogP contribution in [-0.2, 0) is 20.5 Å². The van der Waals surface area contributed by atoms with Crippen molar-refractivity contribution in [2.45, 2.75) is 45.5 Å². The minimum atomic E-state index is -4.78. The molecule has 1 atom stereocenters. The van der Waals surface area contributed by atoms with Gasteiger partial charge in [-0.1, -0.05) is 0 Å². The van der Waals surface area contributed by atoms with E-state index in [1.807, 2.05) is 5.32 Å². The smallest absolute Gasteiger partial charge is 0.416 e. The molecule has 1 unspecified atom stereocenters. The van der Waals surface area contributed by atoms with Crippen LogP contribution in [0.15, 0.2) is 18.2 Å². The quantitative estimate of drug-likeness (QED) is 0.355. The number of ether oxygens (including phenoxy) is 1. The van der Waals surface area contributed by atoms with Gasteiger partial charge in [0.25, 0.3) is 11.6 Å². The number of hydrogen-bond acceptors (Lipinski definition) is 7. The maximum atomic E-state index is 12.7. The van der Waals surface area contributed by atoms with E-state index in [2.05, 4.69) is 10.6 Å². The van der Waals surface area contributed by atoms with E-state index in [-0.39, 0.29) is 5.69 Å². The van der Waals surface area contributed by atoms with Crippen molar-refractivity contribution in [2.75, 3.05) is 11.9 Å². The van der Waals surface area contributed by atoms with Crippen LogP contribution < -0.4 is 16.0 Å². The van der Waals surface area contributed by atoms with Gasteiger partial charge in [-0.15, -0.1) is 0 Å². The van der Waals surface area contributed by atoms with Crippen LogP contribution in [0.25, 0.3) is 0 Å². The molecular formula is C17H21F3N4O6. The van der Waals surface area contributed by atoms with E-state index in [4.69, 9.17) is 4.74 Å². The number of anilines is 1. The third-order valence-corrected chi connectivity index (χ3v) is 3.33. The van der Waals surface area contributed by atoms with E-state index in [9.17, 15) is 37.7 Å². The minimum Gasteiger partial charge on any atom is -0.454 e. The number of nitro benzene ring substituents is 1. The molecule has 0 heterocycles. The molecule has 10 nitrogen and oxygen atoms in total. The number of imide groups is 1. The molecule has 0 saturated heterocycles. The summed E-state index contributed by atoms with van der Waals surface area (Å²) in [5.74, 6) is -1.94. The number of alkyl halides is 3. The second kappa shape index (κ2) is 9.41. The van der Waals surface area contributed by atoms with Gasteiger partial charge in [0.1, 0.15) is 11.7 Å². The van der Waals surface area contributed by atoms with Crippen molar-refractivity contribution < 1.29 is 37.2 Å². The van der Waals surface area contributed by atoms with E-state index >= 15 is 0 Å². The average Bonchev–Trinajstić information content (AvgIpc) is 2.56. The number of rotatable bonds is 6. The largest absolute Gasteiger partial charge is 0.454 e. The molecule has 0 saturated carbocycles. The third kappa shape index (κ3) is 7.93. The van der Waals surface area contributed by atoms with Crippen molar-refractivity contribution >= 4 is 29.3 Å². The lowest BCUT2D eigenvalue weighted by Gasteiger charge is -2.20. The van der Waals surface area contributed by atoms with Gasteiger partial charge in [0.2, 0.25) is 0 Å². The Morgan fingerprint density at radius 2 is 1.80 bits per heavy atom. The van der Waals surface area contributed by atoms with Gasteiger partial charge >= 0.3 is 18.2 Å². The zero-order valence-corrected chi connectivity index (χ0v) is 16.5. The number of carbonyl (C=O) groups is 3. The molecule has 3 amide bonds. The first-order valence-corrected chi connectivity index (χ1v) is 8.51. The number of nitro groups is 1. The lowest BCUT2D eigenvalue weighted by atomic mass is 10.1. The average molecular weight is 434 g/mol. The third-order valence-electron chi connectivity index (χ3n) is 3.33. The van der Waals surface area contributed by atoms with Gasteiger partial charge in [-0.3, -0.25) is 20.2 Å². The Balaban J connectivity index is 2.71. The molecule has 0 aliphatic heterocycles. The molecule has 13 heteroatoms. The first-order valence-electron chi connectivity index (χ1n) is 8.51. The molecule has 0 fully saturated rings. The summed E-state index contributed by atoms with van der Waals surface area (Å²) in [5, 5.41) is 17.8. The number of carbonyl (C=O) groups excluding carboxylic acids is 3. The van der Waals surface area contributed by atoms with E-state index in [0.717, 1.165) is 6.07 Å². The lowest BCUT2D eigenvalue weighted by Crippen LogP contribution is -2.49. The van der Waals surface area contributed by atoms with Crippen molar-refractivity contribution in [3.8, 4) is 0 Å². The van der Waals surface area contributed by atoms with Crippen LogP contribution in [0.3, 0.4) is 0 Å². The number of nitrogens with one attached hydrogen (secondary N) is 3. The number of urea groups is 1. The molecule has 1 aromatic carbocycles. The number of halogens is 3. The van der Waals surface area contributed by atoms with Gasteiger partial charge in [0, 0.05) is 11.6 Å². The zero-order valence-electron chi connectivity index (χ0n) is 16.5. The molecule has 1 rings (SSSR count). The summed E-state index contributed by atoms with van der Waals surface area (Å²) in [7, 11) is 0. The monoisotopic (exact) mass is 434 g/mol. The molecular weight excluding hydrogens is 413 g/mol. The van der Waals surface area contributed by atoms with Gasteiger partial charge < -0.3 is 15.4 Å². The topological polar surface area (TPSA) is 140 Å². The Hall–Kier alpha value is -3.38. The first-order chi connectivity index (χ1) is 13.6. The van der Waals surface area contributed by atoms with E-state index < -0.39 is 58.4 Å². The molecule has 0 aliphatic carbocycles. The molecule has 3 N–H and O–H groups in total. The maximum Gasteiger partial charge on any atom is 0.416 e. The highest BCUT2D eigenvalue weighted by atomic mass is 19.4. The van der Waals surface area contributed by atoms with Gasteiger partial charge in [0.05, 0.1) is 10.5 Å². The van der Waals surface area contributed by atoms with Crippen LogP contribution in [0.2, 0.25) is 0 Å². The summed E-state index contributed by atoms with van der Waals surface area (Å²) in [6.07, 6.45) is -4.78. The van der Waals surface area contributed by atoms with Crippen molar-refractivity contribution in [3.05, 3.63) is 33.9 Å². The summed E-state index contributed by atoms with van der Waals surface area (Å²) < 4.78 is 42.9. The van der Waals surface area contributed by atoms with Gasteiger partial charge in [-0.25, -0.2) is 9.59 Å². The van der Waals surface area contributed by atoms with Gasteiger partial charge in [-0.05, 0) is 39.8 Å². The highest BCUT2D eigenvalue weighted by Gasteiger charge is 2.33. The Labute approximate surface area is 169 Å². The fourth-order valence-corrected chi connectivity index (χ4v) is 2.07. The standard InChI is InChI=1S/C17H21F3N4O6/c1-9(14(26)30-8-13(25)22-15(27)23-16(2,3)4)21-11-6-5-10(17(18,19)20)7-12(11)24(28)29/h5-7,9,21H,8H2,1-4H3,(H2,22,23,25,27). The molecule has 0 spiro atoms. The summed E-state index contributed by atoms with van der Waals surface area (Å²) in [4.78, 5) is 45.2. The predicted molar refractivity (Wildman–Crippen MR) is 98.6 cm³/mol. The normalized spacial score (nSPS) is 12.5. The molecule has 0 bridgehead atoms. The maximum absolute atomic E-state index is 12.7. The Bertz CT molecular complexity index is 836. The molecule has 0 aromatic heterocycles. The highest BCUT2D eigenvalue weighted by molar-refractivity contribution is 5.96. The number of nitrogens with zero attached hydrogens (tertiary/aromatic N) is 1. The van der Waals surface area contributed by atoms with Crippen molar-refractivity contribution in [2.24, 2.45) is 0 Å². The Morgan fingerprint density at radius 3 is 2.30 bits per heavy atom. The number of benzene rings is 1. The Kier molecular flexibility index (Phi) is 7.74. The van der Waals surface area contributed by atoms with Crippen molar-refractivity contribution in [3.63, 3.8) is 0 Å². The number of esters is 1. The van der Waals surface area contributed by atoms with Crippen LogP contribution in [0.1, 0.15) is 33.3 Å². The predicted octanol–water partition coefficient (Wildman–Crippen LogP) is 2.58. The molecule has 0 radical (unpaired) electrons. The van der Waals surface area contributed by atoms with Crippen LogP contribution in [0.5, 0.6) is 0 Å².